The molecule has 1 saturated heterocycles. The van der Waals surface area contributed by atoms with Gasteiger partial charge in [0.25, 0.3) is 0 Å². The van der Waals surface area contributed by atoms with Crippen LogP contribution in [0.1, 0.15) is 26.5 Å². The molecule has 0 saturated carbocycles. The van der Waals surface area contributed by atoms with Crippen LogP contribution in [-0.4, -0.2) is 64.3 Å². The Morgan fingerprint density at radius 2 is 2.05 bits per heavy atom. The van der Waals surface area contributed by atoms with Crippen LogP contribution in [0.25, 0.3) is 11.2 Å². The van der Waals surface area contributed by atoms with E-state index in [0.717, 1.165) is 0 Å². The van der Waals surface area contributed by atoms with Crippen LogP contribution in [0.15, 0.2) is 36.7 Å². The maximum Gasteiger partial charge on any atom is 0.320 e. The summed E-state index contributed by atoms with van der Waals surface area (Å²) < 4.78 is 52.5. The maximum atomic E-state index is 14.1. The second-order valence-electron chi connectivity index (χ2n) is 8.72. The standard InChI is InChI=1S/C23H30F2N7O5P/c1-13(2)35-17(33)10-29-38(37-14-7-5-4-6-8-14)34-11-15-9-16(19(24)25)22(36-15)32-12-28-18-20(27-3)30-23(26)31-21(18)32/h4-8,12-13,15-16,19,22,29H,9-11H2,1-3H3,(H3,26,27,30,31)/t15?,16-,22?,38?/m1/s1. The van der Waals surface area contributed by atoms with Gasteiger partial charge in [-0.15, -0.1) is 0 Å². The first-order valence-electron chi connectivity index (χ1n) is 12.0. The molecule has 38 heavy (non-hydrogen) atoms. The predicted molar refractivity (Wildman–Crippen MR) is 136 cm³/mol. The minimum absolute atomic E-state index is 0.0192. The number of para-hydroxylation sites is 1. The number of carbonyl (C=O) groups is 1. The molecular formula is C23H30F2N7O5P. The summed E-state index contributed by atoms with van der Waals surface area (Å²) >= 11 is 0. The van der Waals surface area contributed by atoms with E-state index in [1.165, 1.54) is 10.9 Å². The molecule has 1 fully saturated rings. The van der Waals surface area contributed by atoms with Gasteiger partial charge < -0.3 is 29.6 Å². The van der Waals surface area contributed by atoms with Gasteiger partial charge in [0.15, 0.2) is 17.0 Å². The first kappa shape index (κ1) is 27.8. The molecule has 4 atom stereocenters. The van der Waals surface area contributed by atoms with Crippen LogP contribution in [0.4, 0.5) is 20.5 Å². The van der Waals surface area contributed by atoms with Gasteiger partial charge in [-0.25, -0.2) is 18.9 Å². The third-order valence-corrected chi connectivity index (χ3v) is 6.71. The second kappa shape index (κ2) is 12.6. The number of benzene rings is 1. The molecule has 1 aliphatic rings. The van der Waals surface area contributed by atoms with Gasteiger partial charge in [0.05, 0.1) is 31.1 Å². The number of hydrogen-bond acceptors (Lipinski definition) is 11. The Morgan fingerprint density at radius 3 is 2.74 bits per heavy atom. The van der Waals surface area contributed by atoms with E-state index < -0.39 is 39.2 Å². The normalized spacial score (nSPS) is 20.2. The fraction of sp³-hybridized carbons (Fsp3) is 0.478. The summed E-state index contributed by atoms with van der Waals surface area (Å²) in [6.45, 7) is 3.28. The fourth-order valence-electron chi connectivity index (χ4n) is 3.94. The monoisotopic (exact) mass is 553 g/mol. The SMILES string of the molecule is CNc1nc(N)nc2c1ncn2C1OC(COP(NCC(=O)OC(C)C)Oc2ccccc2)C[C@@H]1C(F)F. The molecule has 0 spiro atoms. The van der Waals surface area contributed by atoms with Crippen LogP contribution in [0.5, 0.6) is 5.75 Å². The number of rotatable bonds is 12. The molecule has 3 aromatic rings. The van der Waals surface area contributed by atoms with Crippen molar-refractivity contribution in [1.29, 1.82) is 0 Å². The highest BCUT2D eigenvalue weighted by molar-refractivity contribution is 7.45. The Hall–Kier alpha value is -3.19. The molecule has 4 N–H and O–H groups in total. The lowest BCUT2D eigenvalue weighted by atomic mass is 10.0. The average molecular weight is 554 g/mol. The quantitative estimate of drug-likeness (QED) is 0.224. The van der Waals surface area contributed by atoms with Crippen molar-refractivity contribution in [3.63, 3.8) is 0 Å². The topological polar surface area (TPSA) is 148 Å². The second-order valence-corrected chi connectivity index (χ2v) is 9.99. The van der Waals surface area contributed by atoms with E-state index >= 15 is 0 Å². The van der Waals surface area contributed by atoms with E-state index in [0.29, 0.717) is 17.1 Å². The molecule has 0 bridgehead atoms. The van der Waals surface area contributed by atoms with Crippen LogP contribution in [-0.2, 0) is 18.8 Å². The van der Waals surface area contributed by atoms with E-state index in [1.54, 1.807) is 45.2 Å². The number of halogens is 2. The molecule has 1 aliphatic heterocycles. The summed E-state index contributed by atoms with van der Waals surface area (Å²) in [5.41, 5.74) is 6.47. The summed E-state index contributed by atoms with van der Waals surface area (Å²) in [6, 6.07) is 8.88. The van der Waals surface area contributed by atoms with E-state index in [2.05, 4.69) is 25.4 Å². The van der Waals surface area contributed by atoms with E-state index in [9.17, 15) is 13.6 Å². The lowest BCUT2D eigenvalue weighted by Gasteiger charge is -2.21. The number of esters is 1. The number of alkyl halides is 2. The highest BCUT2D eigenvalue weighted by Crippen LogP contribution is 2.42. The zero-order valence-corrected chi connectivity index (χ0v) is 22.0. The summed E-state index contributed by atoms with van der Waals surface area (Å²) in [5, 5.41) is 5.78. The summed E-state index contributed by atoms with van der Waals surface area (Å²) in [7, 11) is -0.175. The molecule has 0 radical (unpaired) electrons. The highest BCUT2D eigenvalue weighted by atomic mass is 31.2. The summed E-state index contributed by atoms with van der Waals surface area (Å²) in [5.74, 6) is -0.756. The third-order valence-electron chi connectivity index (χ3n) is 5.54. The molecule has 206 valence electrons. The smallest absolute Gasteiger partial charge is 0.320 e. The van der Waals surface area contributed by atoms with Gasteiger partial charge in [-0.3, -0.25) is 9.36 Å². The van der Waals surface area contributed by atoms with E-state index in [4.69, 9.17) is 24.3 Å². The average Bonchev–Trinajstić information content (AvgIpc) is 3.49. The molecule has 1 aromatic carbocycles. The Morgan fingerprint density at radius 1 is 1.29 bits per heavy atom. The van der Waals surface area contributed by atoms with E-state index in [-0.39, 0.29) is 37.3 Å². The number of hydrogen-bond donors (Lipinski definition) is 3. The van der Waals surface area contributed by atoms with Gasteiger partial charge >= 0.3 is 14.5 Å². The lowest BCUT2D eigenvalue weighted by Crippen LogP contribution is -2.26. The maximum absolute atomic E-state index is 14.1. The number of anilines is 2. The van der Waals surface area contributed by atoms with E-state index in [1.807, 2.05) is 6.07 Å². The Labute approximate surface area is 219 Å². The number of carbonyl (C=O) groups excluding carboxylic acids is 1. The van der Waals surface area contributed by atoms with Crippen molar-refractivity contribution in [2.75, 3.05) is 31.2 Å². The molecule has 0 amide bonds. The Bertz CT molecular complexity index is 1220. The molecule has 3 unspecified atom stereocenters. The Kier molecular flexibility index (Phi) is 9.21. The zero-order valence-electron chi connectivity index (χ0n) is 21.1. The van der Waals surface area contributed by atoms with Crippen LogP contribution in [0.3, 0.4) is 0 Å². The fourth-order valence-corrected chi connectivity index (χ4v) is 5.02. The van der Waals surface area contributed by atoms with Gasteiger partial charge in [-0.05, 0) is 32.4 Å². The van der Waals surface area contributed by atoms with Gasteiger partial charge in [0.1, 0.15) is 18.5 Å². The zero-order chi connectivity index (χ0) is 27.2. The molecule has 15 heteroatoms. The van der Waals surface area contributed by atoms with Crippen molar-refractivity contribution in [2.45, 2.75) is 45.1 Å². The van der Waals surface area contributed by atoms with Gasteiger partial charge in [-0.2, -0.15) is 9.97 Å². The van der Waals surface area contributed by atoms with Crippen LogP contribution < -0.4 is 20.7 Å². The molecule has 12 nitrogen and oxygen atoms in total. The summed E-state index contributed by atoms with van der Waals surface area (Å²) in [6.07, 6.45) is -3.28. The predicted octanol–water partition coefficient (Wildman–Crippen LogP) is 3.48. The Balaban J connectivity index is 1.47. The van der Waals surface area contributed by atoms with Crippen LogP contribution in [0.2, 0.25) is 0 Å². The number of aromatic nitrogens is 4. The molecule has 3 heterocycles. The summed E-state index contributed by atoms with van der Waals surface area (Å²) in [4.78, 5) is 24.6. The first-order valence-corrected chi connectivity index (χ1v) is 13.1. The van der Waals surface area contributed by atoms with Crippen molar-refractivity contribution in [1.82, 2.24) is 24.6 Å². The minimum Gasteiger partial charge on any atom is -0.462 e. The third kappa shape index (κ3) is 6.81. The van der Waals surface area contributed by atoms with Crippen molar-refractivity contribution in [2.24, 2.45) is 5.92 Å². The van der Waals surface area contributed by atoms with Crippen molar-refractivity contribution in [3.8, 4) is 5.75 Å². The van der Waals surface area contributed by atoms with Gasteiger partial charge in [0.2, 0.25) is 12.4 Å². The van der Waals surface area contributed by atoms with Gasteiger partial charge in [-0.1, -0.05) is 18.2 Å². The van der Waals surface area contributed by atoms with Gasteiger partial charge in [0, 0.05) is 7.05 Å². The minimum atomic E-state index is -2.67. The van der Waals surface area contributed by atoms with Crippen molar-refractivity contribution < 1.29 is 32.1 Å². The number of ether oxygens (including phenoxy) is 2. The number of fused-ring (bicyclic) bond motifs is 1. The number of nitrogens with zero attached hydrogens (tertiary/aromatic N) is 4. The number of nitrogens with one attached hydrogen (secondary N) is 2. The van der Waals surface area contributed by atoms with Crippen LogP contribution >= 0.6 is 8.53 Å². The number of nitrogens with two attached hydrogens (primary N) is 1. The van der Waals surface area contributed by atoms with Crippen molar-refractivity contribution >= 4 is 37.4 Å². The molecule has 0 aliphatic carbocycles. The number of imidazole rings is 1. The molecular weight excluding hydrogens is 523 g/mol. The molecule has 2 aromatic heterocycles. The largest absolute Gasteiger partial charge is 0.462 e. The van der Waals surface area contributed by atoms with Crippen molar-refractivity contribution in [3.05, 3.63) is 36.7 Å². The lowest BCUT2D eigenvalue weighted by molar-refractivity contribution is -0.145. The highest BCUT2D eigenvalue weighted by Gasteiger charge is 2.43. The first-order chi connectivity index (χ1) is 18.2. The molecule has 4 rings (SSSR count). The number of nitrogen functional groups attached to an aromatic ring is 1. The van der Waals surface area contributed by atoms with Crippen LogP contribution in [0, 0.1) is 5.92 Å².